The second kappa shape index (κ2) is 8.10. The molecule has 3 heteroatoms. The monoisotopic (exact) mass is 303 g/mol. The molecule has 0 saturated carbocycles. The Morgan fingerprint density at radius 2 is 1.88 bits per heavy atom. The molecule has 1 aromatic rings. The lowest BCUT2D eigenvalue weighted by molar-refractivity contribution is 0.277. The standard InChI is InChI=1S/C13H19BrClN/c1-2-3-9-16(10-8-15)11-12-4-6-13(14)7-5-12/h4-7H,2-3,8-11H2,1H3. The van der Waals surface area contributed by atoms with Crippen LogP contribution in [0.1, 0.15) is 25.3 Å². The van der Waals surface area contributed by atoms with Gasteiger partial charge in [-0.1, -0.05) is 41.4 Å². The molecule has 90 valence electrons. The molecule has 16 heavy (non-hydrogen) atoms. The molecular formula is C13H19BrClN. The molecule has 0 aliphatic heterocycles. The number of alkyl halides is 1. The van der Waals surface area contributed by atoms with E-state index < -0.39 is 0 Å². The molecule has 0 radical (unpaired) electrons. The van der Waals surface area contributed by atoms with E-state index in [4.69, 9.17) is 11.6 Å². The predicted octanol–water partition coefficient (Wildman–Crippen LogP) is 4.29. The topological polar surface area (TPSA) is 3.24 Å². The van der Waals surface area contributed by atoms with Crippen LogP contribution >= 0.6 is 27.5 Å². The molecule has 1 nitrogen and oxygen atoms in total. The molecule has 0 aromatic heterocycles. The van der Waals surface area contributed by atoms with Crippen molar-refractivity contribution in [2.24, 2.45) is 0 Å². The average molecular weight is 305 g/mol. The Morgan fingerprint density at radius 3 is 2.44 bits per heavy atom. The highest BCUT2D eigenvalue weighted by molar-refractivity contribution is 9.10. The van der Waals surface area contributed by atoms with Crippen molar-refractivity contribution < 1.29 is 0 Å². The molecule has 0 amide bonds. The Morgan fingerprint density at radius 1 is 1.19 bits per heavy atom. The van der Waals surface area contributed by atoms with Gasteiger partial charge < -0.3 is 0 Å². The highest BCUT2D eigenvalue weighted by Crippen LogP contribution is 2.12. The zero-order valence-electron chi connectivity index (χ0n) is 9.76. The van der Waals surface area contributed by atoms with Gasteiger partial charge in [-0.3, -0.25) is 4.90 Å². The fourth-order valence-electron chi connectivity index (χ4n) is 1.62. The van der Waals surface area contributed by atoms with Gasteiger partial charge in [-0.05, 0) is 30.7 Å². The molecular weight excluding hydrogens is 286 g/mol. The Kier molecular flexibility index (Phi) is 7.10. The predicted molar refractivity (Wildman–Crippen MR) is 75.0 cm³/mol. The minimum absolute atomic E-state index is 0.709. The summed E-state index contributed by atoms with van der Waals surface area (Å²) in [5, 5.41) is 0. The Balaban J connectivity index is 2.49. The third kappa shape index (κ3) is 5.33. The first kappa shape index (κ1) is 14.0. The summed E-state index contributed by atoms with van der Waals surface area (Å²) in [6, 6.07) is 8.51. The van der Waals surface area contributed by atoms with Crippen LogP contribution in [-0.4, -0.2) is 23.9 Å². The van der Waals surface area contributed by atoms with E-state index in [1.165, 1.54) is 18.4 Å². The van der Waals surface area contributed by atoms with Crippen molar-refractivity contribution in [2.45, 2.75) is 26.3 Å². The SMILES string of the molecule is CCCCN(CCCl)Cc1ccc(Br)cc1. The van der Waals surface area contributed by atoms with Gasteiger partial charge in [0.25, 0.3) is 0 Å². The van der Waals surface area contributed by atoms with E-state index in [-0.39, 0.29) is 0 Å². The zero-order chi connectivity index (χ0) is 11.8. The number of hydrogen-bond acceptors (Lipinski definition) is 1. The van der Waals surface area contributed by atoms with Crippen LogP contribution in [0.25, 0.3) is 0 Å². The van der Waals surface area contributed by atoms with Crippen molar-refractivity contribution in [3.63, 3.8) is 0 Å². The van der Waals surface area contributed by atoms with Crippen molar-refractivity contribution in [3.05, 3.63) is 34.3 Å². The van der Waals surface area contributed by atoms with Gasteiger partial charge in [0.05, 0.1) is 0 Å². The Hall–Kier alpha value is -0.0500. The van der Waals surface area contributed by atoms with Gasteiger partial charge in [-0.25, -0.2) is 0 Å². The summed E-state index contributed by atoms with van der Waals surface area (Å²) < 4.78 is 1.13. The maximum Gasteiger partial charge on any atom is 0.0351 e. The number of halogens is 2. The largest absolute Gasteiger partial charge is 0.298 e. The van der Waals surface area contributed by atoms with Crippen LogP contribution in [0, 0.1) is 0 Å². The van der Waals surface area contributed by atoms with Crippen LogP contribution in [-0.2, 0) is 6.54 Å². The van der Waals surface area contributed by atoms with Crippen molar-refractivity contribution in [1.82, 2.24) is 4.90 Å². The summed E-state index contributed by atoms with van der Waals surface area (Å²) in [5.74, 6) is 0.709. The Bertz CT molecular complexity index is 286. The van der Waals surface area contributed by atoms with Gasteiger partial charge >= 0.3 is 0 Å². The van der Waals surface area contributed by atoms with Crippen molar-refractivity contribution in [2.75, 3.05) is 19.0 Å². The number of unbranched alkanes of at least 4 members (excludes halogenated alkanes) is 1. The van der Waals surface area contributed by atoms with E-state index in [0.29, 0.717) is 5.88 Å². The summed E-state index contributed by atoms with van der Waals surface area (Å²) in [7, 11) is 0. The first-order valence-electron chi connectivity index (χ1n) is 5.79. The molecule has 0 heterocycles. The van der Waals surface area contributed by atoms with Gasteiger partial charge in [0, 0.05) is 23.4 Å². The van der Waals surface area contributed by atoms with Gasteiger partial charge in [0.1, 0.15) is 0 Å². The van der Waals surface area contributed by atoms with Gasteiger partial charge in [0.15, 0.2) is 0 Å². The molecule has 0 aliphatic rings. The van der Waals surface area contributed by atoms with Crippen LogP contribution in [0.4, 0.5) is 0 Å². The fourth-order valence-corrected chi connectivity index (χ4v) is 2.12. The van der Waals surface area contributed by atoms with Crippen LogP contribution in [0.15, 0.2) is 28.7 Å². The lowest BCUT2D eigenvalue weighted by Crippen LogP contribution is -2.26. The third-order valence-corrected chi connectivity index (χ3v) is 3.25. The lowest BCUT2D eigenvalue weighted by Gasteiger charge is -2.21. The molecule has 0 saturated heterocycles. The van der Waals surface area contributed by atoms with E-state index in [1.807, 2.05) is 0 Å². The lowest BCUT2D eigenvalue weighted by atomic mass is 10.2. The summed E-state index contributed by atoms with van der Waals surface area (Å²) in [6.45, 7) is 5.33. The van der Waals surface area contributed by atoms with Crippen molar-refractivity contribution >= 4 is 27.5 Å². The highest BCUT2D eigenvalue weighted by Gasteiger charge is 2.04. The van der Waals surface area contributed by atoms with E-state index in [0.717, 1.165) is 24.1 Å². The van der Waals surface area contributed by atoms with Gasteiger partial charge in [-0.2, -0.15) is 0 Å². The maximum atomic E-state index is 5.82. The minimum atomic E-state index is 0.709. The fraction of sp³-hybridized carbons (Fsp3) is 0.538. The highest BCUT2D eigenvalue weighted by atomic mass is 79.9. The molecule has 1 aromatic carbocycles. The van der Waals surface area contributed by atoms with E-state index in [2.05, 4.69) is 52.0 Å². The molecule has 0 bridgehead atoms. The minimum Gasteiger partial charge on any atom is -0.298 e. The second-order valence-electron chi connectivity index (χ2n) is 3.95. The smallest absolute Gasteiger partial charge is 0.0351 e. The summed E-state index contributed by atoms with van der Waals surface area (Å²) >= 11 is 9.27. The summed E-state index contributed by atoms with van der Waals surface area (Å²) in [6.07, 6.45) is 2.48. The van der Waals surface area contributed by atoms with Crippen LogP contribution < -0.4 is 0 Å². The van der Waals surface area contributed by atoms with Crippen LogP contribution in [0.2, 0.25) is 0 Å². The molecule has 0 unspecified atom stereocenters. The van der Waals surface area contributed by atoms with Gasteiger partial charge in [0.2, 0.25) is 0 Å². The molecule has 0 atom stereocenters. The number of rotatable bonds is 7. The zero-order valence-corrected chi connectivity index (χ0v) is 12.1. The van der Waals surface area contributed by atoms with E-state index >= 15 is 0 Å². The first-order chi connectivity index (χ1) is 7.76. The Labute approximate surface area is 112 Å². The average Bonchev–Trinajstić information content (AvgIpc) is 2.29. The summed E-state index contributed by atoms with van der Waals surface area (Å²) in [5.41, 5.74) is 1.35. The van der Waals surface area contributed by atoms with Crippen molar-refractivity contribution in [1.29, 1.82) is 0 Å². The maximum absolute atomic E-state index is 5.82. The van der Waals surface area contributed by atoms with Crippen LogP contribution in [0.5, 0.6) is 0 Å². The molecule has 0 N–H and O–H groups in total. The number of hydrogen-bond donors (Lipinski definition) is 0. The number of nitrogens with zero attached hydrogens (tertiary/aromatic N) is 1. The molecule has 1 rings (SSSR count). The molecule has 0 spiro atoms. The number of benzene rings is 1. The molecule has 0 aliphatic carbocycles. The first-order valence-corrected chi connectivity index (χ1v) is 7.11. The van der Waals surface area contributed by atoms with Gasteiger partial charge in [-0.15, -0.1) is 11.6 Å². The van der Waals surface area contributed by atoms with Crippen molar-refractivity contribution in [3.8, 4) is 0 Å². The molecule has 0 fully saturated rings. The van der Waals surface area contributed by atoms with E-state index in [1.54, 1.807) is 0 Å². The normalized spacial score (nSPS) is 11.0. The van der Waals surface area contributed by atoms with Crippen LogP contribution in [0.3, 0.4) is 0 Å². The van der Waals surface area contributed by atoms with E-state index in [9.17, 15) is 0 Å². The third-order valence-electron chi connectivity index (χ3n) is 2.55. The second-order valence-corrected chi connectivity index (χ2v) is 5.24. The summed E-state index contributed by atoms with van der Waals surface area (Å²) in [4.78, 5) is 2.42. The quantitative estimate of drug-likeness (QED) is 0.679.